The molecule has 0 fully saturated rings. The van der Waals surface area contributed by atoms with Crippen molar-refractivity contribution in [3.05, 3.63) is 71.3 Å². The van der Waals surface area contributed by atoms with Crippen LogP contribution in [0.1, 0.15) is 17.2 Å². The molecular formula is C17H18F2N2O2. The van der Waals surface area contributed by atoms with E-state index in [4.69, 9.17) is 0 Å². The monoisotopic (exact) mass is 320 g/mol. The Balaban J connectivity index is 1.69. The molecule has 2 rings (SSSR count). The van der Waals surface area contributed by atoms with Gasteiger partial charge in [0.15, 0.2) is 0 Å². The van der Waals surface area contributed by atoms with Gasteiger partial charge in [0, 0.05) is 13.1 Å². The first-order valence-electron chi connectivity index (χ1n) is 7.24. The lowest BCUT2D eigenvalue weighted by Crippen LogP contribution is -2.38. The third kappa shape index (κ3) is 5.67. The molecule has 122 valence electrons. The Bertz CT molecular complexity index is 647. The standard InChI is InChI=1S/C17H18F2N2O2/c18-14-6-4-12(5-7-14)8-9-20-17(23)21-11-16(22)13-2-1-3-15(19)10-13/h1-7,10,16,22H,8-9,11H2,(H2,20,21,23)/t16-/m0/s1. The topological polar surface area (TPSA) is 61.4 Å². The van der Waals surface area contributed by atoms with E-state index in [9.17, 15) is 18.7 Å². The fraction of sp³-hybridized carbons (Fsp3) is 0.235. The third-order valence-electron chi connectivity index (χ3n) is 3.30. The third-order valence-corrected chi connectivity index (χ3v) is 3.30. The van der Waals surface area contributed by atoms with Gasteiger partial charge in [-0.1, -0.05) is 24.3 Å². The molecule has 0 bridgehead atoms. The summed E-state index contributed by atoms with van der Waals surface area (Å²) in [6.07, 6.45) is -0.409. The fourth-order valence-corrected chi connectivity index (χ4v) is 2.06. The highest BCUT2D eigenvalue weighted by Gasteiger charge is 2.09. The average molecular weight is 320 g/mol. The molecule has 0 aromatic heterocycles. The molecule has 0 unspecified atom stereocenters. The number of aliphatic hydroxyl groups excluding tert-OH is 1. The number of urea groups is 1. The molecule has 0 aliphatic carbocycles. The van der Waals surface area contributed by atoms with Gasteiger partial charge in [-0.2, -0.15) is 0 Å². The Morgan fingerprint density at radius 1 is 1.04 bits per heavy atom. The van der Waals surface area contributed by atoms with Gasteiger partial charge in [-0.25, -0.2) is 13.6 Å². The van der Waals surface area contributed by atoms with Crippen molar-refractivity contribution in [3.63, 3.8) is 0 Å². The Hall–Kier alpha value is -2.47. The second-order valence-electron chi connectivity index (χ2n) is 5.08. The summed E-state index contributed by atoms with van der Waals surface area (Å²) in [5.41, 5.74) is 1.31. The summed E-state index contributed by atoms with van der Waals surface area (Å²) in [7, 11) is 0. The molecule has 3 N–H and O–H groups in total. The summed E-state index contributed by atoms with van der Waals surface area (Å²) in [6.45, 7) is 0.360. The van der Waals surface area contributed by atoms with E-state index < -0.39 is 18.0 Å². The van der Waals surface area contributed by atoms with Gasteiger partial charge >= 0.3 is 6.03 Å². The van der Waals surface area contributed by atoms with Crippen LogP contribution in [0.3, 0.4) is 0 Å². The highest BCUT2D eigenvalue weighted by Crippen LogP contribution is 2.12. The van der Waals surface area contributed by atoms with Gasteiger partial charge in [0.25, 0.3) is 0 Å². The minimum Gasteiger partial charge on any atom is -0.387 e. The molecule has 0 aliphatic heterocycles. The number of aliphatic hydroxyl groups is 1. The Labute approximate surface area is 133 Å². The van der Waals surface area contributed by atoms with E-state index in [2.05, 4.69) is 10.6 Å². The number of hydrogen-bond acceptors (Lipinski definition) is 2. The molecule has 2 amide bonds. The first kappa shape index (κ1) is 16.9. The minimum absolute atomic E-state index is 0.0220. The van der Waals surface area contributed by atoms with Crippen molar-refractivity contribution in [1.82, 2.24) is 10.6 Å². The Morgan fingerprint density at radius 3 is 2.48 bits per heavy atom. The molecule has 2 aromatic carbocycles. The van der Waals surface area contributed by atoms with E-state index in [0.717, 1.165) is 5.56 Å². The molecule has 0 saturated heterocycles. The quantitative estimate of drug-likeness (QED) is 0.766. The van der Waals surface area contributed by atoms with Crippen LogP contribution < -0.4 is 10.6 Å². The average Bonchev–Trinajstić information content (AvgIpc) is 2.54. The maximum Gasteiger partial charge on any atom is 0.314 e. The van der Waals surface area contributed by atoms with Crippen LogP contribution in [-0.4, -0.2) is 24.2 Å². The van der Waals surface area contributed by atoms with E-state index in [1.165, 1.54) is 30.3 Å². The predicted octanol–water partition coefficient (Wildman–Crippen LogP) is 2.54. The van der Waals surface area contributed by atoms with Crippen molar-refractivity contribution in [2.75, 3.05) is 13.1 Å². The first-order chi connectivity index (χ1) is 11.0. The summed E-state index contributed by atoms with van der Waals surface area (Å²) < 4.78 is 25.8. The molecule has 4 nitrogen and oxygen atoms in total. The number of halogens is 2. The maximum atomic E-state index is 13.0. The van der Waals surface area contributed by atoms with Crippen LogP contribution >= 0.6 is 0 Å². The molecule has 0 spiro atoms. The number of carbonyl (C=O) groups excluding carboxylic acids is 1. The van der Waals surface area contributed by atoms with Crippen LogP contribution in [0.2, 0.25) is 0 Å². The van der Waals surface area contributed by atoms with E-state index in [-0.39, 0.29) is 12.4 Å². The van der Waals surface area contributed by atoms with Gasteiger partial charge in [-0.05, 0) is 41.8 Å². The van der Waals surface area contributed by atoms with Crippen LogP contribution in [0, 0.1) is 11.6 Å². The van der Waals surface area contributed by atoms with Crippen molar-refractivity contribution in [3.8, 4) is 0 Å². The van der Waals surface area contributed by atoms with Gasteiger partial charge in [0.1, 0.15) is 11.6 Å². The van der Waals surface area contributed by atoms with Crippen molar-refractivity contribution >= 4 is 6.03 Å². The lowest BCUT2D eigenvalue weighted by molar-refractivity contribution is 0.173. The van der Waals surface area contributed by atoms with Crippen LogP contribution in [0.25, 0.3) is 0 Å². The van der Waals surface area contributed by atoms with Gasteiger partial charge in [0.2, 0.25) is 0 Å². The number of benzene rings is 2. The molecule has 1 atom stereocenters. The van der Waals surface area contributed by atoms with Crippen LogP contribution in [0.15, 0.2) is 48.5 Å². The fourth-order valence-electron chi connectivity index (χ4n) is 2.06. The van der Waals surface area contributed by atoms with Crippen LogP contribution in [0.5, 0.6) is 0 Å². The number of nitrogens with one attached hydrogen (secondary N) is 2. The summed E-state index contributed by atoms with van der Waals surface area (Å²) in [5.74, 6) is -0.740. The Kier molecular flexibility index (Phi) is 6.05. The zero-order valence-electron chi connectivity index (χ0n) is 12.4. The molecule has 0 aliphatic rings. The van der Waals surface area contributed by atoms with E-state index in [1.807, 2.05) is 0 Å². The van der Waals surface area contributed by atoms with Crippen molar-refractivity contribution in [1.29, 1.82) is 0 Å². The first-order valence-corrected chi connectivity index (χ1v) is 7.24. The van der Waals surface area contributed by atoms with Crippen LogP contribution in [-0.2, 0) is 6.42 Å². The summed E-state index contributed by atoms with van der Waals surface area (Å²) in [4.78, 5) is 11.6. The van der Waals surface area contributed by atoms with Gasteiger partial charge in [0.05, 0.1) is 6.10 Å². The highest BCUT2D eigenvalue weighted by molar-refractivity contribution is 5.73. The van der Waals surface area contributed by atoms with E-state index in [0.29, 0.717) is 18.5 Å². The molecule has 0 radical (unpaired) electrons. The minimum atomic E-state index is -0.978. The molecule has 0 heterocycles. The number of amides is 2. The molecule has 6 heteroatoms. The highest BCUT2D eigenvalue weighted by atomic mass is 19.1. The van der Waals surface area contributed by atoms with Gasteiger partial charge in [-0.3, -0.25) is 0 Å². The normalized spacial score (nSPS) is 11.8. The second-order valence-corrected chi connectivity index (χ2v) is 5.08. The summed E-state index contributed by atoms with van der Waals surface area (Å²) >= 11 is 0. The van der Waals surface area contributed by atoms with Crippen LogP contribution in [0.4, 0.5) is 13.6 Å². The summed E-state index contributed by atoms with van der Waals surface area (Å²) in [5, 5.41) is 15.0. The SMILES string of the molecule is O=C(NCCc1ccc(F)cc1)NC[C@H](O)c1cccc(F)c1. The number of carbonyl (C=O) groups is 1. The van der Waals surface area contributed by atoms with E-state index >= 15 is 0 Å². The molecule has 2 aromatic rings. The predicted molar refractivity (Wildman–Crippen MR) is 82.9 cm³/mol. The van der Waals surface area contributed by atoms with Crippen molar-refractivity contribution in [2.24, 2.45) is 0 Å². The second kappa shape index (κ2) is 8.24. The molecule has 23 heavy (non-hydrogen) atoms. The zero-order valence-corrected chi connectivity index (χ0v) is 12.4. The zero-order chi connectivity index (χ0) is 16.7. The van der Waals surface area contributed by atoms with E-state index in [1.54, 1.807) is 18.2 Å². The molecular weight excluding hydrogens is 302 g/mol. The van der Waals surface area contributed by atoms with Crippen molar-refractivity contribution < 1.29 is 18.7 Å². The number of hydrogen-bond donors (Lipinski definition) is 3. The van der Waals surface area contributed by atoms with Gasteiger partial charge < -0.3 is 15.7 Å². The van der Waals surface area contributed by atoms with Crippen molar-refractivity contribution in [2.45, 2.75) is 12.5 Å². The lowest BCUT2D eigenvalue weighted by atomic mass is 10.1. The number of rotatable bonds is 6. The molecule has 0 saturated carbocycles. The Morgan fingerprint density at radius 2 is 1.78 bits per heavy atom. The lowest BCUT2D eigenvalue weighted by Gasteiger charge is -2.13. The smallest absolute Gasteiger partial charge is 0.314 e. The largest absolute Gasteiger partial charge is 0.387 e. The maximum absolute atomic E-state index is 13.0. The summed E-state index contributed by atoms with van der Waals surface area (Å²) in [6, 6.07) is 11.2. The van der Waals surface area contributed by atoms with Gasteiger partial charge in [-0.15, -0.1) is 0 Å².